The highest BCUT2D eigenvalue weighted by molar-refractivity contribution is 5.95. The van der Waals surface area contributed by atoms with Crippen molar-refractivity contribution in [3.63, 3.8) is 0 Å². The molecular weight excluding hydrogens is 398 g/mol. The van der Waals surface area contributed by atoms with Crippen LogP contribution in [0.25, 0.3) is 21.8 Å². The van der Waals surface area contributed by atoms with Crippen LogP contribution in [0, 0.1) is 0 Å². The summed E-state index contributed by atoms with van der Waals surface area (Å²) < 4.78 is 7.26. The predicted octanol–water partition coefficient (Wildman–Crippen LogP) is 5.92. The molecule has 2 aromatic carbocycles. The number of aryl methyl sites for hydroxylation is 2. The molecule has 0 aliphatic carbocycles. The first-order valence-corrected chi connectivity index (χ1v) is 11.8. The van der Waals surface area contributed by atoms with Crippen LogP contribution in [-0.4, -0.2) is 35.7 Å². The Kier molecular flexibility index (Phi) is 5.89. The number of aromatic nitrogens is 2. The maximum Gasteiger partial charge on any atom is 0.337 e. The standard InChI is InChI=1S/C27H31N3O2/c1-32-27(31)20-11-12-24-23(18-20)21(19-28-24)8-3-6-16-30-17-13-22-25(9-7-10-26(22)30)29-14-4-2-5-15-29/h7,9-13,17-19,28H,2-6,8,14-16H2,1H3. The summed E-state index contributed by atoms with van der Waals surface area (Å²) in [7, 11) is 1.42. The summed E-state index contributed by atoms with van der Waals surface area (Å²) in [5, 5.41) is 2.49. The molecule has 0 bridgehead atoms. The zero-order valence-corrected chi connectivity index (χ0v) is 18.8. The average molecular weight is 430 g/mol. The number of fused-ring (bicyclic) bond motifs is 2. The first-order valence-electron chi connectivity index (χ1n) is 11.8. The first-order chi connectivity index (χ1) is 15.7. The van der Waals surface area contributed by atoms with Crippen LogP contribution in [0.4, 0.5) is 5.69 Å². The topological polar surface area (TPSA) is 50.3 Å². The monoisotopic (exact) mass is 429 g/mol. The molecule has 1 N–H and O–H groups in total. The molecule has 166 valence electrons. The molecule has 0 atom stereocenters. The number of unbranched alkanes of at least 4 members (excludes halogenated alkanes) is 1. The van der Waals surface area contributed by atoms with Crippen LogP contribution in [0.3, 0.4) is 0 Å². The molecule has 5 rings (SSSR count). The second-order valence-electron chi connectivity index (χ2n) is 8.79. The highest BCUT2D eigenvalue weighted by Crippen LogP contribution is 2.30. The van der Waals surface area contributed by atoms with E-state index in [-0.39, 0.29) is 5.97 Å². The van der Waals surface area contributed by atoms with Crippen molar-refractivity contribution >= 4 is 33.5 Å². The van der Waals surface area contributed by atoms with Crippen molar-refractivity contribution in [2.45, 2.75) is 45.1 Å². The van der Waals surface area contributed by atoms with Crippen molar-refractivity contribution in [3.05, 3.63) is 66.0 Å². The van der Waals surface area contributed by atoms with Gasteiger partial charge in [-0.05, 0) is 80.5 Å². The second-order valence-corrected chi connectivity index (χ2v) is 8.79. The maximum absolute atomic E-state index is 11.9. The van der Waals surface area contributed by atoms with Crippen LogP contribution in [0.15, 0.2) is 54.9 Å². The number of rotatable bonds is 7. The molecule has 0 spiro atoms. The van der Waals surface area contributed by atoms with Crippen molar-refractivity contribution < 1.29 is 9.53 Å². The Hall–Kier alpha value is -3.21. The number of esters is 1. The van der Waals surface area contributed by atoms with Gasteiger partial charge in [0.1, 0.15) is 0 Å². The number of hydrogen-bond donors (Lipinski definition) is 1. The van der Waals surface area contributed by atoms with Crippen LogP contribution in [-0.2, 0) is 17.7 Å². The fraction of sp³-hybridized carbons (Fsp3) is 0.370. The minimum Gasteiger partial charge on any atom is -0.465 e. The molecule has 4 aromatic rings. The molecule has 1 saturated heterocycles. The van der Waals surface area contributed by atoms with E-state index in [1.54, 1.807) is 0 Å². The van der Waals surface area contributed by atoms with Gasteiger partial charge >= 0.3 is 5.97 Å². The van der Waals surface area contributed by atoms with Gasteiger partial charge in [0.15, 0.2) is 0 Å². The second kappa shape index (κ2) is 9.11. The third-order valence-corrected chi connectivity index (χ3v) is 6.77. The van der Waals surface area contributed by atoms with E-state index in [4.69, 9.17) is 4.74 Å². The lowest BCUT2D eigenvalue weighted by molar-refractivity contribution is 0.0601. The number of nitrogens with one attached hydrogen (secondary N) is 1. The third kappa shape index (κ3) is 3.99. The SMILES string of the molecule is COC(=O)c1ccc2[nH]cc(CCCCn3ccc4c(N5CCCCC5)cccc43)c2c1. The van der Waals surface area contributed by atoms with Gasteiger partial charge in [0.2, 0.25) is 0 Å². The summed E-state index contributed by atoms with van der Waals surface area (Å²) in [5.74, 6) is -0.289. The van der Waals surface area contributed by atoms with E-state index in [9.17, 15) is 4.79 Å². The minimum atomic E-state index is -0.289. The Balaban J connectivity index is 1.25. The molecule has 0 radical (unpaired) electrons. The van der Waals surface area contributed by atoms with Gasteiger partial charge in [-0.25, -0.2) is 4.79 Å². The van der Waals surface area contributed by atoms with Gasteiger partial charge in [0, 0.05) is 54.0 Å². The van der Waals surface area contributed by atoms with Gasteiger partial charge in [-0.1, -0.05) is 6.07 Å². The molecule has 1 aliphatic heterocycles. The summed E-state index contributed by atoms with van der Waals surface area (Å²) in [6.07, 6.45) is 11.5. The number of benzene rings is 2. The average Bonchev–Trinajstić information content (AvgIpc) is 3.45. The van der Waals surface area contributed by atoms with Gasteiger partial charge in [-0.15, -0.1) is 0 Å². The predicted molar refractivity (Wildman–Crippen MR) is 131 cm³/mol. The molecule has 32 heavy (non-hydrogen) atoms. The number of piperidine rings is 1. The van der Waals surface area contributed by atoms with Crippen molar-refractivity contribution in [2.75, 3.05) is 25.1 Å². The van der Waals surface area contributed by atoms with Gasteiger partial charge < -0.3 is 19.2 Å². The minimum absolute atomic E-state index is 0.289. The Morgan fingerprint density at radius 3 is 2.75 bits per heavy atom. The fourth-order valence-corrected chi connectivity index (χ4v) is 5.04. The van der Waals surface area contributed by atoms with Gasteiger partial charge in [0.25, 0.3) is 0 Å². The lowest BCUT2D eigenvalue weighted by atomic mass is 10.0. The number of anilines is 1. The van der Waals surface area contributed by atoms with E-state index >= 15 is 0 Å². The van der Waals surface area contributed by atoms with Gasteiger partial charge in [0.05, 0.1) is 18.2 Å². The van der Waals surface area contributed by atoms with E-state index < -0.39 is 0 Å². The number of hydrogen-bond acceptors (Lipinski definition) is 3. The third-order valence-electron chi connectivity index (χ3n) is 6.77. The molecule has 0 amide bonds. The van der Waals surface area contributed by atoms with Crippen LogP contribution < -0.4 is 4.90 Å². The highest BCUT2D eigenvalue weighted by atomic mass is 16.5. The van der Waals surface area contributed by atoms with Crippen LogP contribution >= 0.6 is 0 Å². The first kappa shape index (κ1) is 20.7. The van der Waals surface area contributed by atoms with Crippen LogP contribution in [0.5, 0.6) is 0 Å². The fourth-order valence-electron chi connectivity index (χ4n) is 5.04. The van der Waals surface area contributed by atoms with Crippen LogP contribution in [0.1, 0.15) is 48.0 Å². The molecule has 2 aromatic heterocycles. The number of carbonyl (C=O) groups is 1. The Bertz CT molecular complexity index is 1230. The molecule has 1 fully saturated rings. The number of aromatic amines is 1. The summed E-state index contributed by atoms with van der Waals surface area (Å²) in [5.41, 5.74) is 5.65. The summed E-state index contributed by atoms with van der Waals surface area (Å²) in [4.78, 5) is 17.8. The van der Waals surface area contributed by atoms with E-state index in [1.165, 1.54) is 61.6 Å². The number of carbonyl (C=O) groups excluding carboxylic acids is 1. The highest BCUT2D eigenvalue weighted by Gasteiger charge is 2.15. The number of H-pyrrole nitrogens is 1. The summed E-state index contributed by atoms with van der Waals surface area (Å²) >= 11 is 0. The zero-order chi connectivity index (χ0) is 21.9. The Labute approximate surface area is 189 Å². The number of ether oxygens (including phenoxy) is 1. The Morgan fingerprint density at radius 1 is 1.03 bits per heavy atom. The summed E-state index contributed by atoms with van der Waals surface area (Å²) in [6, 6.07) is 14.7. The quantitative estimate of drug-likeness (QED) is 0.293. The van der Waals surface area contributed by atoms with E-state index in [0.717, 1.165) is 36.7 Å². The largest absolute Gasteiger partial charge is 0.465 e. The van der Waals surface area contributed by atoms with E-state index in [0.29, 0.717) is 5.56 Å². The smallest absolute Gasteiger partial charge is 0.337 e. The normalized spacial score (nSPS) is 14.3. The van der Waals surface area contributed by atoms with Crippen molar-refractivity contribution in [3.8, 4) is 0 Å². The molecule has 3 heterocycles. The molecule has 0 saturated carbocycles. The number of nitrogens with zero attached hydrogens (tertiary/aromatic N) is 2. The lowest BCUT2D eigenvalue weighted by Crippen LogP contribution is -2.29. The molecule has 5 nitrogen and oxygen atoms in total. The van der Waals surface area contributed by atoms with Crippen LogP contribution in [0.2, 0.25) is 0 Å². The van der Waals surface area contributed by atoms with Gasteiger partial charge in [-0.3, -0.25) is 0 Å². The lowest BCUT2D eigenvalue weighted by Gasteiger charge is -2.29. The van der Waals surface area contributed by atoms with Crippen molar-refractivity contribution in [2.24, 2.45) is 0 Å². The van der Waals surface area contributed by atoms with Crippen molar-refractivity contribution in [1.82, 2.24) is 9.55 Å². The Morgan fingerprint density at radius 2 is 1.91 bits per heavy atom. The molecule has 1 aliphatic rings. The molecule has 0 unspecified atom stereocenters. The zero-order valence-electron chi connectivity index (χ0n) is 18.8. The van der Waals surface area contributed by atoms with E-state index in [2.05, 4.69) is 51.1 Å². The van der Waals surface area contributed by atoms with Crippen molar-refractivity contribution in [1.29, 1.82) is 0 Å². The number of methoxy groups -OCH3 is 1. The maximum atomic E-state index is 11.9. The van der Waals surface area contributed by atoms with E-state index in [1.807, 2.05) is 18.2 Å². The molecule has 5 heteroatoms. The molecular formula is C27H31N3O2. The summed E-state index contributed by atoms with van der Waals surface area (Å²) in [6.45, 7) is 3.36. The van der Waals surface area contributed by atoms with Gasteiger partial charge in [-0.2, -0.15) is 0 Å².